The highest BCUT2D eigenvalue weighted by atomic mass is 15.3. The maximum absolute atomic E-state index is 3.53. The average molecular weight is 275 g/mol. The summed E-state index contributed by atoms with van der Waals surface area (Å²) in [6.07, 6.45) is 0. The van der Waals surface area contributed by atoms with E-state index in [-0.39, 0.29) is 0 Å². The smallest absolute Gasteiger partial charge is 0.0238 e. The summed E-state index contributed by atoms with van der Waals surface area (Å²) < 4.78 is 0. The fourth-order valence-corrected chi connectivity index (χ4v) is 2.71. The quantitative estimate of drug-likeness (QED) is 0.890. The Labute approximate surface area is 124 Å². The van der Waals surface area contributed by atoms with Crippen LogP contribution in [-0.4, -0.2) is 48.6 Å². The molecule has 1 unspecified atom stereocenters. The van der Waals surface area contributed by atoms with Crippen molar-refractivity contribution in [1.29, 1.82) is 0 Å². The second-order valence-electron chi connectivity index (χ2n) is 6.37. The SMILES string of the molecule is CC(C)NCc1ccccc1CN1CCN(C)C(C)C1. The zero-order chi connectivity index (χ0) is 14.5. The second-order valence-corrected chi connectivity index (χ2v) is 6.37. The molecule has 0 spiro atoms. The average Bonchev–Trinajstić information content (AvgIpc) is 2.42. The van der Waals surface area contributed by atoms with E-state index in [4.69, 9.17) is 0 Å². The summed E-state index contributed by atoms with van der Waals surface area (Å²) in [5.41, 5.74) is 2.91. The molecular formula is C17H29N3. The van der Waals surface area contributed by atoms with Crippen LogP contribution in [0.1, 0.15) is 31.9 Å². The Balaban J connectivity index is 1.98. The lowest BCUT2D eigenvalue weighted by molar-refractivity contribution is 0.0997. The zero-order valence-corrected chi connectivity index (χ0v) is 13.4. The van der Waals surface area contributed by atoms with Crippen molar-refractivity contribution >= 4 is 0 Å². The van der Waals surface area contributed by atoms with Crippen LogP contribution in [0.5, 0.6) is 0 Å². The Morgan fingerprint density at radius 2 is 1.90 bits per heavy atom. The van der Waals surface area contributed by atoms with Gasteiger partial charge in [-0.1, -0.05) is 38.1 Å². The summed E-state index contributed by atoms with van der Waals surface area (Å²) in [5.74, 6) is 0. The monoisotopic (exact) mass is 275 g/mol. The third-order valence-electron chi connectivity index (χ3n) is 4.26. The van der Waals surface area contributed by atoms with Crippen molar-refractivity contribution in [2.75, 3.05) is 26.7 Å². The van der Waals surface area contributed by atoms with Gasteiger partial charge in [0.05, 0.1) is 0 Å². The standard InChI is InChI=1S/C17H29N3/c1-14(2)18-11-16-7-5-6-8-17(16)13-20-10-9-19(4)15(3)12-20/h5-8,14-15,18H,9-13H2,1-4H3. The van der Waals surface area contributed by atoms with Crippen molar-refractivity contribution in [1.82, 2.24) is 15.1 Å². The van der Waals surface area contributed by atoms with E-state index in [2.05, 4.69) is 67.2 Å². The Bertz CT molecular complexity index is 416. The van der Waals surface area contributed by atoms with Gasteiger partial charge in [-0.25, -0.2) is 0 Å². The van der Waals surface area contributed by atoms with Gasteiger partial charge in [0.1, 0.15) is 0 Å². The molecule has 0 bridgehead atoms. The molecule has 20 heavy (non-hydrogen) atoms. The minimum Gasteiger partial charge on any atom is -0.310 e. The van der Waals surface area contributed by atoms with Crippen LogP contribution in [-0.2, 0) is 13.1 Å². The number of benzene rings is 1. The van der Waals surface area contributed by atoms with Crippen LogP contribution in [0.3, 0.4) is 0 Å². The van der Waals surface area contributed by atoms with Gasteiger partial charge >= 0.3 is 0 Å². The van der Waals surface area contributed by atoms with E-state index >= 15 is 0 Å². The number of likely N-dealkylation sites (N-methyl/N-ethyl adjacent to an activating group) is 1. The Kier molecular flexibility index (Phi) is 5.58. The summed E-state index contributed by atoms with van der Waals surface area (Å²) in [7, 11) is 2.22. The van der Waals surface area contributed by atoms with Crippen LogP contribution in [0.15, 0.2) is 24.3 Å². The lowest BCUT2D eigenvalue weighted by Gasteiger charge is -2.38. The summed E-state index contributed by atoms with van der Waals surface area (Å²) in [4.78, 5) is 5.03. The predicted octanol–water partition coefficient (Wildman–Crippen LogP) is 2.32. The molecule has 1 N–H and O–H groups in total. The number of rotatable bonds is 5. The van der Waals surface area contributed by atoms with E-state index in [1.165, 1.54) is 30.8 Å². The van der Waals surface area contributed by atoms with Gasteiger partial charge in [-0.05, 0) is 25.1 Å². The van der Waals surface area contributed by atoms with E-state index in [1.807, 2.05) is 0 Å². The van der Waals surface area contributed by atoms with Crippen LogP contribution in [0, 0.1) is 0 Å². The normalized spacial score (nSPS) is 21.6. The first-order valence-corrected chi connectivity index (χ1v) is 7.79. The number of piperazine rings is 1. The molecule has 1 atom stereocenters. The fraction of sp³-hybridized carbons (Fsp3) is 0.647. The van der Waals surface area contributed by atoms with Crippen LogP contribution in [0.4, 0.5) is 0 Å². The lowest BCUT2D eigenvalue weighted by Crippen LogP contribution is -2.49. The molecule has 0 amide bonds. The fourth-order valence-electron chi connectivity index (χ4n) is 2.71. The molecule has 1 aliphatic rings. The topological polar surface area (TPSA) is 18.5 Å². The first kappa shape index (κ1) is 15.5. The first-order chi connectivity index (χ1) is 9.56. The number of nitrogens with one attached hydrogen (secondary N) is 1. The van der Waals surface area contributed by atoms with Gasteiger partial charge in [0.15, 0.2) is 0 Å². The van der Waals surface area contributed by atoms with Crippen molar-refractivity contribution < 1.29 is 0 Å². The maximum Gasteiger partial charge on any atom is 0.0238 e. The van der Waals surface area contributed by atoms with Crippen molar-refractivity contribution in [3.05, 3.63) is 35.4 Å². The summed E-state index contributed by atoms with van der Waals surface area (Å²) in [6.45, 7) is 12.3. The molecule has 1 aliphatic heterocycles. The van der Waals surface area contributed by atoms with E-state index in [0.29, 0.717) is 12.1 Å². The molecule has 3 heteroatoms. The Morgan fingerprint density at radius 3 is 2.55 bits per heavy atom. The minimum atomic E-state index is 0.534. The molecular weight excluding hydrogens is 246 g/mol. The van der Waals surface area contributed by atoms with Gasteiger partial charge in [0.2, 0.25) is 0 Å². The molecule has 0 aromatic heterocycles. The maximum atomic E-state index is 3.53. The minimum absolute atomic E-state index is 0.534. The van der Waals surface area contributed by atoms with Crippen LogP contribution >= 0.6 is 0 Å². The van der Waals surface area contributed by atoms with Gasteiger partial charge in [0, 0.05) is 44.8 Å². The molecule has 1 saturated heterocycles. The summed E-state index contributed by atoms with van der Waals surface area (Å²) >= 11 is 0. The first-order valence-electron chi connectivity index (χ1n) is 7.79. The third kappa shape index (κ3) is 4.30. The molecule has 1 heterocycles. The molecule has 0 aliphatic carbocycles. The van der Waals surface area contributed by atoms with Crippen molar-refractivity contribution in [2.24, 2.45) is 0 Å². The molecule has 1 aromatic rings. The molecule has 112 valence electrons. The van der Waals surface area contributed by atoms with E-state index in [9.17, 15) is 0 Å². The van der Waals surface area contributed by atoms with Gasteiger partial charge < -0.3 is 10.2 Å². The predicted molar refractivity (Wildman–Crippen MR) is 85.8 cm³/mol. The van der Waals surface area contributed by atoms with E-state index < -0.39 is 0 Å². The molecule has 1 aromatic carbocycles. The molecule has 3 nitrogen and oxygen atoms in total. The lowest BCUT2D eigenvalue weighted by atomic mass is 10.1. The largest absolute Gasteiger partial charge is 0.310 e. The van der Waals surface area contributed by atoms with Crippen LogP contribution in [0.2, 0.25) is 0 Å². The van der Waals surface area contributed by atoms with Crippen molar-refractivity contribution in [2.45, 2.75) is 45.9 Å². The molecule has 0 radical (unpaired) electrons. The summed E-state index contributed by atoms with van der Waals surface area (Å²) in [6, 6.07) is 10.0. The van der Waals surface area contributed by atoms with Gasteiger partial charge in [0.25, 0.3) is 0 Å². The number of hydrogen-bond acceptors (Lipinski definition) is 3. The summed E-state index contributed by atoms with van der Waals surface area (Å²) in [5, 5.41) is 3.53. The third-order valence-corrected chi connectivity index (χ3v) is 4.26. The van der Waals surface area contributed by atoms with Crippen LogP contribution in [0.25, 0.3) is 0 Å². The second kappa shape index (κ2) is 7.21. The van der Waals surface area contributed by atoms with Gasteiger partial charge in [-0.3, -0.25) is 4.90 Å². The number of nitrogens with zero attached hydrogens (tertiary/aromatic N) is 2. The highest BCUT2D eigenvalue weighted by Crippen LogP contribution is 2.15. The number of hydrogen-bond donors (Lipinski definition) is 1. The van der Waals surface area contributed by atoms with E-state index in [0.717, 1.165) is 13.1 Å². The Morgan fingerprint density at radius 1 is 1.20 bits per heavy atom. The highest BCUT2D eigenvalue weighted by molar-refractivity contribution is 5.27. The van der Waals surface area contributed by atoms with E-state index in [1.54, 1.807) is 0 Å². The van der Waals surface area contributed by atoms with Gasteiger partial charge in [-0.15, -0.1) is 0 Å². The molecule has 2 rings (SSSR count). The molecule has 1 fully saturated rings. The molecule has 0 saturated carbocycles. The zero-order valence-electron chi connectivity index (χ0n) is 13.4. The van der Waals surface area contributed by atoms with Crippen molar-refractivity contribution in [3.8, 4) is 0 Å². The van der Waals surface area contributed by atoms with Crippen LogP contribution < -0.4 is 5.32 Å². The van der Waals surface area contributed by atoms with Gasteiger partial charge in [-0.2, -0.15) is 0 Å². The Hall–Kier alpha value is -0.900. The highest BCUT2D eigenvalue weighted by Gasteiger charge is 2.20. The van der Waals surface area contributed by atoms with Crippen molar-refractivity contribution in [3.63, 3.8) is 0 Å².